The van der Waals surface area contributed by atoms with Crippen molar-refractivity contribution in [1.82, 2.24) is 0 Å². The van der Waals surface area contributed by atoms with Crippen LogP contribution < -0.4 is 0 Å². The predicted octanol–water partition coefficient (Wildman–Crippen LogP) is 1.21. The third kappa shape index (κ3) is 3.48. The molecule has 1 rings (SSSR count). The lowest BCUT2D eigenvalue weighted by atomic mass is 9.94. The van der Waals surface area contributed by atoms with Crippen LogP contribution in [0, 0.1) is 5.92 Å². The zero-order chi connectivity index (χ0) is 12.3. The number of rotatable bonds is 3. The second-order valence-electron chi connectivity index (χ2n) is 4.45. The maximum Gasteiger partial charge on any atom is 0.332 e. The molecule has 3 atom stereocenters. The Hall–Kier alpha value is -1.10. The lowest BCUT2D eigenvalue weighted by Gasteiger charge is -2.34. The molecule has 92 valence electrons. The van der Waals surface area contributed by atoms with Crippen molar-refractivity contribution in [2.45, 2.75) is 51.9 Å². The van der Waals surface area contributed by atoms with Gasteiger partial charge in [-0.15, -0.1) is 0 Å². The van der Waals surface area contributed by atoms with E-state index in [1.165, 1.54) is 6.92 Å². The van der Waals surface area contributed by atoms with Crippen molar-refractivity contribution >= 4 is 11.9 Å². The van der Waals surface area contributed by atoms with Gasteiger partial charge >= 0.3 is 11.9 Å². The molecular weight excluding hydrogens is 212 g/mol. The van der Waals surface area contributed by atoms with Crippen LogP contribution >= 0.6 is 0 Å². The van der Waals surface area contributed by atoms with Crippen molar-refractivity contribution in [1.29, 1.82) is 0 Å². The van der Waals surface area contributed by atoms with Gasteiger partial charge in [0.15, 0.2) is 6.10 Å². The summed E-state index contributed by atoms with van der Waals surface area (Å²) in [5.41, 5.74) is 0. The van der Waals surface area contributed by atoms with Gasteiger partial charge in [0, 0.05) is 19.8 Å². The predicted molar refractivity (Wildman–Crippen MR) is 55.9 cm³/mol. The molecule has 5 heteroatoms. The molecule has 0 aromatic carbocycles. The molecule has 0 aliphatic carbocycles. The Morgan fingerprint density at radius 2 is 2.00 bits per heavy atom. The first-order valence-corrected chi connectivity index (χ1v) is 5.45. The molecule has 1 saturated heterocycles. The van der Waals surface area contributed by atoms with Crippen LogP contribution in [0.5, 0.6) is 0 Å². The Balaban J connectivity index is 2.66. The van der Waals surface area contributed by atoms with Crippen LogP contribution in [0.3, 0.4) is 0 Å². The van der Waals surface area contributed by atoms with Crippen molar-refractivity contribution in [2.75, 3.05) is 0 Å². The van der Waals surface area contributed by atoms with Crippen LogP contribution in [0.15, 0.2) is 0 Å². The number of esters is 1. The largest absolute Gasteiger partial charge is 0.479 e. The molecule has 16 heavy (non-hydrogen) atoms. The summed E-state index contributed by atoms with van der Waals surface area (Å²) in [5, 5.41) is 8.92. The van der Waals surface area contributed by atoms with Crippen LogP contribution in [-0.4, -0.2) is 35.4 Å². The molecule has 5 nitrogen and oxygen atoms in total. The van der Waals surface area contributed by atoms with Crippen LogP contribution in [-0.2, 0) is 19.1 Å². The highest BCUT2D eigenvalue weighted by Crippen LogP contribution is 2.26. The van der Waals surface area contributed by atoms with Gasteiger partial charge in [-0.3, -0.25) is 4.79 Å². The van der Waals surface area contributed by atoms with Crippen LogP contribution in [0.4, 0.5) is 0 Å². The summed E-state index contributed by atoms with van der Waals surface area (Å²) in [7, 11) is 0. The van der Waals surface area contributed by atoms with Crippen molar-refractivity contribution in [3.8, 4) is 0 Å². The highest BCUT2D eigenvalue weighted by Gasteiger charge is 2.36. The Morgan fingerprint density at radius 1 is 1.38 bits per heavy atom. The normalized spacial score (nSPS) is 30.1. The van der Waals surface area contributed by atoms with E-state index in [0.29, 0.717) is 6.42 Å². The number of carbonyl (C=O) groups excluding carboxylic acids is 1. The summed E-state index contributed by atoms with van der Waals surface area (Å²) in [4.78, 5) is 21.7. The smallest absolute Gasteiger partial charge is 0.332 e. The maximum atomic E-state index is 10.9. The van der Waals surface area contributed by atoms with E-state index in [1.807, 2.05) is 13.8 Å². The van der Waals surface area contributed by atoms with Gasteiger partial charge in [-0.2, -0.15) is 0 Å². The van der Waals surface area contributed by atoms with Gasteiger partial charge in [0.1, 0.15) is 6.10 Å². The Morgan fingerprint density at radius 3 is 2.44 bits per heavy atom. The van der Waals surface area contributed by atoms with E-state index < -0.39 is 12.1 Å². The molecule has 0 aromatic heterocycles. The molecule has 0 bridgehead atoms. The molecule has 0 spiro atoms. The molecule has 1 heterocycles. The van der Waals surface area contributed by atoms with Gasteiger partial charge in [-0.25, -0.2) is 4.79 Å². The first-order valence-electron chi connectivity index (χ1n) is 5.45. The zero-order valence-corrected chi connectivity index (χ0v) is 9.80. The molecule has 1 aliphatic heterocycles. The number of carboxylic acid groups (broad SMARTS) is 1. The quantitative estimate of drug-likeness (QED) is 0.738. The van der Waals surface area contributed by atoms with Crippen molar-refractivity contribution < 1.29 is 24.2 Å². The fourth-order valence-corrected chi connectivity index (χ4v) is 1.84. The Labute approximate surface area is 94.7 Å². The maximum absolute atomic E-state index is 10.9. The lowest BCUT2D eigenvalue weighted by molar-refractivity contribution is -0.179. The minimum atomic E-state index is -0.998. The summed E-state index contributed by atoms with van der Waals surface area (Å²) in [5.74, 6) is -1.17. The summed E-state index contributed by atoms with van der Waals surface area (Å²) in [6.45, 7) is 5.25. The second kappa shape index (κ2) is 5.30. The third-order valence-corrected chi connectivity index (χ3v) is 2.66. The van der Waals surface area contributed by atoms with Gasteiger partial charge in [0.05, 0.1) is 6.10 Å². The fraction of sp³-hybridized carbons (Fsp3) is 0.818. The third-order valence-electron chi connectivity index (χ3n) is 2.66. The Kier molecular flexibility index (Phi) is 4.29. The van der Waals surface area contributed by atoms with Crippen molar-refractivity contribution in [3.05, 3.63) is 0 Å². The van der Waals surface area contributed by atoms with Crippen LogP contribution in [0.25, 0.3) is 0 Å². The van der Waals surface area contributed by atoms with E-state index in [2.05, 4.69) is 0 Å². The average Bonchev–Trinajstić information content (AvgIpc) is 2.15. The SMILES string of the molecule is CC(=O)OC1CC(C(=O)O)OC(C(C)C)C1. The molecule has 1 aliphatic rings. The van der Waals surface area contributed by atoms with Crippen molar-refractivity contribution in [3.63, 3.8) is 0 Å². The Bertz CT molecular complexity index is 274. The molecular formula is C11H18O5. The van der Waals surface area contributed by atoms with Gasteiger partial charge in [-0.05, 0) is 5.92 Å². The highest BCUT2D eigenvalue weighted by atomic mass is 16.6. The zero-order valence-electron chi connectivity index (χ0n) is 9.80. The first kappa shape index (κ1) is 13.0. The molecule has 0 saturated carbocycles. The van der Waals surface area contributed by atoms with Gasteiger partial charge in [0.2, 0.25) is 0 Å². The summed E-state index contributed by atoms with van der Waals surface area (Å²) < 4.78 is 10.5. The van der Waals surface area contributed by atoms with Gasteiger partial charge in [-0.1, -0.05) is 13.8 Å². The van der Waals surface area contributed by atoms with Crippen LogP contribution in [0.2, 0.25) is 0 Å². The number of ether oxygens (including phenoxy) is 2. The standard InChI is InChI=1S/C11H18O5/c1-6(2)9-4-8(15-7(3)12)5-10(16-9)11(13)14/h6,8-10H,4-5H2,1-3H3,(H,13,14). The molecule has 0 radical (unpaired) electrons. The molecule has 0 amide bonds. The van der Waals surface area contributed by atoms with E-state index in [4.69, 9.17) is 14.6 Å². The molecule has 1 fully saturated rings. The number of hydrogen-bond acceptors (Lipinski definition) is 4. The topological polar surface area (TPSA) is 72.8 Å². The number of hydrogen-bond donors (Lipinski definition) is 1. The number of aliphatic carboxylic acids is 1. The minimum Gasteiger partial charge on any atom is -0.479 e. The van der Waals surface area contributed by atoms with Gasteiger partial charge < -0.3 is 14.6 Å². The van der Waals surface area contributed by atoms with E-state index in [1.54, 1.807) is 0 Å². The minimum absolute atomic E-state index is 0.167. The average molecular weight is 230 g/mol. The second-order valence-corrected chi connectivity index (χ2v) is 4.45. The number of carbonyl (C=O) groups is 2. The van der Waals surface area contributed by atoms with E-state index >= 15 is 0 Å². The monoisotopic (exact) mass is 230 g/mol. The molecule has 1 N–H and O–H groups in total. The van der Waals surface area contributed by atoms with E-state index in [-0.39, 0.29) is 30.5 Å². The highest BCUT2D eigenvalue weighted by molar-refractivity contribution is 5.72. The molecule has 0 aromatic rings. The summed E-state index contributed by atoms with van der Waals surface area (Å²) in [6, 6.07) is 0. The van der Waals surface area contributed by atoms with Crippen LogP contribution in [0.1, 0.15) is 33.6 Å². The summed E-state index contributed by atoms with van der Waals surface area (Å²) in [6.07, 6.45) is -0.580. The fourth-order valence-electron chi connectivity index (χ4n) is 1.84. The van der Waals surface area contributed by atoms with Crippen molar-refractivity contribution in [2.24, 2.45) is 5.92 Å². The lowest BCUT2D eigenvalue weighted by Crippen LogP contribution is -2.43. The van der Waals surface area contributed by atoms with Gasteiger partial charge in [0.25, 0.3) is 0 Å². The number of carboxylic acids is 1. The molecule has 3 unspecified atom stereocenters. The first-order chi connectivity index (χ1) is 7.40. The van der Waals surface area contributed by atoms with E-state index in [9.17, 15) is 9.59 Å². The van der Waals surface area contributed by atoms with E-state index in [0.717, 1.165) is 0 Å². The summed E-state index contributed by atoms with van der Waals surface area (Å²) >= 11 is 0.